The highest BCUT2D eigenvalue weighted by atomic mass is 35.5. The van der Waals surface area contributed by atoms with Crippen LogP contribution >= 0.6 is 23.2 Å². The Morgan fingerprint density at radius 1 is 1.23 bits per heavy atom. The third-order valence-corrected chi connectivity index (χ3v) is 6.04. The van der Waals surface area contributed by atoms with Crippen molar-refractivity contribution in [2.75, 3.05) is 32.8 Å². The zero-order chi connectivity index (χ0) is 21.7. The molecule has 3 heterocycles. The van der Waals surface area contributed by atoms with Crippen molar-refractivity contribution >= 4 is 45.9 Å². The third kappa shape index (κ3) is 3.45. The largest absolute Gasteiger partial charge is 0.438 e. The van der Waals surface area contributed by atoms with Crippen LogP contribution in [0.4, 0.5) is 13.2 Å². The number of imidazole rings is 1. The molecule has 0 saturated carbocycles. The summed E-state index contributed by atoms with van der Waals surface area (Å²) in [5.74, 6) is -2.20. The van der Waals surface area contributed by atoms with Crippen LogP contribution in [0.15, 0.2) is 12.1 Å². The van der Waals surface area contributed by atoms with E-state index in [1.165, 1.54) is 12.1 Å². The van der Waals surface area contributed by atoms with E-state index in [1.54, 1.807) is 0 Å². The minimum atomic E-state index is -5.09. The van der Waals surface area contributed by atoms with Crippen molar-refractivity contribution in [3.63, 3.8) is 0 Å². The van der Waals surface area contributed by atoms with Crippen molar-refractivity contribution < 1.29 is 27.5 Å². The van der Waals surface area contributed by atoms with Gasteiger partial charge >= 0.3 is 6.18 Å². The smallest absolute Gasteiger partial charge is 0.379 e. The molecule has 162 valence electrons. The molecule has 1 atom stereocenters. The van der Waals surface area contributed by atoms with E-state index in [4.69, 9.17) is 27.9 Å². The van der Waals surface area contributed by atoms with Crippen LogP contribution in [0.1, 0.15) is 12.2 Å². The molecule has 1 aromatic carbocycles. The second-order valence-corrected chi connectivity index (χ2v) is 7.99. The average Bonchev–Trinajstić information content (AvgIpc) is 3.15. The van der Waals surface area contributed by atoms with Gasteiger partial charge in [0.05, 0.1) is 40.7 Å². The first-order valence-corrected chi connectivity index (χ1v) is 9.97. The predicted octanol–water partition coefficient (Wildman–Crippen LogP) is 2.52. The highest BCUT2D eigenvalue weighted by Gasteiger charge is 2.66. The summed E-state index contributed by atoms with van der Waals surface area (Å²) < 4.78 is 48.9. The number of benzene rings is 1. The van der Waals surface area contributed by atoms with Crippen LogP contribution < -0.4 is 5.32 Å². The lowest BCUT2D eigenvalue weighted by atomic mass is 10.0. The molecule has 30 heavy (non-hydrogen) atoms. The molecule has 12 heteroatoms. The van der Waals surface area contributed by atoms with Gasteiger partial charge in [0.15, 0.2) is 5.78 Å². The number of nitrogens with one attached hydrogen (secondary N) is 1. The quantitative estimate of drug-likeness (QED) is 0.752. The standard InChI is InChI=1S/C18H17Cl2F3N4O3/c19-10-7-12-13(8-11(10)20)27-15(24-12)9-14(28)17(27,18(21,22)23)25-16(29)1-2-26-3-5-30-6-4-26/h7-8H,1-6,9H2,(H,25,29). The van der Waals surface area contributed by atoms with E-state index in [2.05, 4.69) is 4.98 Å². The molecule has 1 amide bonds. The first-order valence-electron chi connectivity index (χ1n) is 9.21. The number of Topliss-reactive ketones (excluding diaryl/α,β-unsaturated/α-hetero) is 1. The van der Waals surface area contributed by atoms with Crippen molar-refractivity contribution in [2.45, 2.75) is 24.7 Å². The minimum absolute atomic E-state index is 0.0148. The lowest BCUT2D eigenvalue weighted by Gasteiger charge is -2.34. The van der Waals surface area contributed by atoms with Crippen LogP contribution in [-0.4, -0.2) is 65.2 Å². The Kier molecular flexibility index (Phi) is 5.46. The Balaban J connectivity index is 1.70. The van der Waals surface area contributed by atoms with Gasteiger partial charge in [-0.3, -0.25) is 19.1 Å². The predicted molar refractivity (Wildman–Crippen MR) is 103 cm³/mol. The van der Waals surface area contributed by atoms with Crippen LogP contribution in [0, 0.1) is 0 Å². The van der Waals surface area contributed by atoms with Crippen molar-refractivity contribution in [1.82, 2.24) is 19.8 Å². The van der Waals surface area contributed by atoms with E-state index in [0.29, 0.717) is 26.3 Å². The highest BCUT2D eigenvalue weighted by Crippen LogP contribution is 2.44. The average molecular weight is 465 g/mol. The van der Waals surface area contributed by atoms with Crippen molar-refractivity contribution in [1.29, 1.82) is 0 Å². The molecule has 1 unspecified atom stereocenters. The maximum Gasteiger partial charge on any atom is 0.438 e. The van der Waals surface area contributed by atoms with Gasteiger partial charge in [0.25, 0.3) is 5.66 Å². The number of ketones is 1. The number of carbonyl (C=O) groups is 2. The molecule has 2 aromatic rings. The summed E-state index contributed by atoms with van der Waals surface area (Å²) in [6.45, 7) is 2.44. The fourth-order valence-electron chi connectivity index (χ4n) is 3.84. The topological polar surface area (TPSA) is 76.5 Å². The van der Waals surface area contributed by atoms with Gasteiger partial charge in [-0.1, -0.05) is 23.2 Å². The fraction of sp³-hybridized carbons (Fsp3) is 0.500. The number of halogens is 5. The molecule has 1 aromatic heterocycles. The number of aromatic nitrogens is 2. The number of ether oxygens (including phenoxy) is 1. The summed E-state index contributed by atoms with van der Waals surface area (Å²) in [5.41, 5.74) is -3.12. The van der Waals surface area contributed by atoms with Crippen LogP contribution in [-0.2, 0) is 26.4 Å². The summed E-state index contributed by atoms with van der Waals surface area (Å²) in [6.07, 6.45) is -5.86. The molecule has 1 saturated heterocycles. The number of fused-ring (bicyclic) bond motifs is 3. The van der Waals surface area contributed by atoms with Gasteiger partial charge in [-0.15, -0.1) is 0 Å². The Morgan fingerprint density at radius 3 is 2.57 bits per heavy atom. The molecule has 2 aliphatic heterocycles. The summed E-state index contributed by atoms with van der Waals surface area (Å²) in [6, 6.07) is 2.55. The minimum Gasteiger partial charge on any atom is -0.379 e. The van der Waals surface area contributed by atoms with Crippen molar-refractivity contribution in [2.24, 2.45) is 0 Å². The monoisotopic (exact) mass is 464 g/mol. The molecular weight excluding hydrogens is 448 g/mol. The first-order chi connectivity index (χ1) is 14.1. The Labute approximate surface area is 179 Å². The van der Waals surface area contributed by atoms with E-state index in [9.17, 15) is 22.8 Å². The van der Waals surface area contributed by atoms with E-state index >= 15 is 0 Å². The van der Waals surface area contributed by atoms with Crippen molar-refractivity contribution in [3.8, 4) is 0 Å². The van der Waals surface area contributed by atoms with Crippen molar-refractivity contribution in [3.05, 3.63) is 28.0 Å². The van der Waals surface area contributed by atoms with Gasteiger partial charge in [-0.2, -0.15) is 13.2 Å². The Hall–Kier alpha value is -1.88. The van der Waals surface area contributed by atoms with Gasteiger partial charge in [0, 0.05) is 26.1 Å². The van der Waals surface area contributed by atoms with E-state index in [1.807, 2.05) is 10.2 Å². The maximum absolute atomic E-state index is 14.3. The lowest BCUT2D eigenvalue weighted by molar-refractivity contribution is -0.218. The second-order valence-electron chi connectivity index (χ2n) is 7.18. The number of amides is 1. The summed E-state index contributed by atoms with van der Waals surface area (Å²) in [7, 11) is 0. The van der Waals surface area contributed by atoms with E-state index in [0.717, 1.165) is 4.57 Å². The first kappa shape index (κ1) is 21.4. The molecule has 4 rings (SSSR count). The fourth-order valence-corrected chi connectivity index (χ4v) is 4.16. The Bertz CT molecular complexity index is 1020. The molecule has 0 spiro atoms. The normalized spacial score (nSPS) is 22.5. The van der Waals surface area contributed by atoms with Gasteiger partial charge in [-0.25, -0.2) is 4.98 Å². The number of rotatable bonds is 4. The molecular formula is C18H17Cl2F3N4O3. The van der Waals surface area contributed by atoms with Crippen LogP contribution in [0.2, 0.25) is 10.0 Å². The maximum atomic E-state index is 14.3. The van der Waals surface area contributed by atoms with Gasteiger partial charge in [-0.05, 0) is 12.1 Å². The molecule has 1 N–H and O–H groups in total. The van der Waals surface area contributed by atoms with E-state index in [-0.39, 0.29) is 39.9 Å². The summed E-state index contributed by atoms with van der Waals surface area (Å²) in [4.78, 5) is 31.2. The van der Waals surface area contributed by atoms with Gasteiger partial charge in [0.2, 0.25) is 5.91 Å². The van der Waals surface area contributed by atoms with Gasteiger partial charge < -0.3 is 10.1 Å². The number of morpholine rings is 1. The van der Waals surface area contributed by atoms with Crippen LogP contribution in [0.3, 0.4) is 0 Å². The second kappa shape index (κ2) is 7.67. The third-order valence-electron chi connectivity index (χ3n) is 5.31. The van der Waals surface area contributed by atoms with E-state index < -0.39 is 30.0 Å². The Morgan fingerprint density at radius 2 is 1.90 bits per heavy atom. The highest BCUT2D eigenvalue weighted by molar-refractivity contribution is 6.42. The summed E-state index contributed by atoms with van der Waals surface area (Å²) >= 11 is 11.9. The zero-order valence-electron chi connectivity index (χ0n) is 15.6. The summed E-state index contributed by atoms with van der Waals surface area (Å²) in [5, 5.41) is 2.10. The number of carbonyl (C=O) groups excluding carboxylic acids is 2. The van der Waals surface area contributed by atoms with Crippen LogP contribution in [0.25, 0.3) is 11.0 Å². The SMILES string of the molecule is O=C(CCN1CCOCC1)NC1(C(F)(F)F)C(=O)Cc2nc3cc(Cl)c(Cl)cc3n21. The number of nitrogens with zero attached hydrogens (tertiary/aromatic N) is 3. The van der Waals surface area contributed by atoms with Crippen LogP contribution in [0.5, 0.6) is 0 Å². The number of hydrogen-bond acceptors (Lipinski definition) is 5. The zero-order valence-corrected chi connectivity index (χ0v) is 17.1. The molecule has 0 radical (unpaired) electrons. The number of hydrogen-bond donors (Lipinski definition) is 1. The lowest BCUT2D eigenvalue weighted by Crippen LogP contribution is -2.63. The molecule has 0 aliphatic carbocycles. The molecule has 2 aliphatic rings. The molecule has 0 bridgehead atoms. The number of alkyl halides is 3. The van der Waals surface area contributed by atoms with Gasteiger partial charge in [0.1, 0.15) is 5.82 Å². The molecule has 1 fully saturated rings. The molecule has 7 nitrogen and oxygen atoms in total.